The molecule has 7 heteroatoms. The van der Waals surface area contributed by atoms with Crippen molar-refractivity contribution < 1.29 is 13.2 Å². The molecule has 0 N–H and O–H groups in total. The van der Waals surface area contributed by atoms with E-state index in [0.717, 1.165) is 37.1 Å². The van der Waals surface area contributed by atoms with Crippen LogP contribution >= 0.6 is 0 Å². The van der Waals surface area contributed by atoms with Crippen molar-refractivity contribution in [1.82, 2.24) is 14.1 Å². The van der Waals surface area contributed by atoms with Crippen molar-refractivity contribution in [2.75, 3.05) is 39.3 Å². The number of aryl methyl sites for hydroxylation is 1. The molecule has 1 atom stereocenters. The van der Waals surface area contributed by atoms with Crippen molar-refractivity contribution in [1.29, 1.82) is 0 Å². The van der Waals surface area contributed by atoms with E-state index >= 15 is 0 Å². The fourth-order valence-electron chi connectivity index (χ4n) is 4.32. The minimum Gasteiger partial charge on any atom is -0.341 e. The molecule has 1 amide bonds. The molecule has 2 heterocycles. The lowest BCUT2D eigenvalue weighted by Crippen LogP contribution is -2.52. The van der Waals surface area contributed by atoms with Gasteiger partial charge >= 0.3 is 0 Å². The van der Waals surface area contributed by atoms with Crippen LogP contribution < -0.4 is 0 Å². The number of likely N-dealkylation sites (tertiary alicyclic amines) is 1. The number of nitrogens with zero attached hydrogens (tertiary/aromatic N) is 3. The highest BCUT2D eigenvalue weighted by atomic mass is 32.2. The third kappa shape index (κ3) is 4.29. The normalized spacial score (nSPS) is 19.7. The van der Waals surface area contributed by atoms with Gasteiger partial charge in [0.05, 0.1) is 4.90 Å². The van der Waals surface area contributed by atoms with Gasteiger partial charge in [-0.05, 0) is 37.5 Å². The molecule has 0 aromatic heterocycles. The summed E-state index contributed by atoms with van der Waals surface area (Å²) < 4.78 is 27.6. The summed E-state index contributed by atoms with van der Waals surface area (Å²) in [4.78, 5) is 17.7. The highest BCUT2D eigenvalue weighted by molar-refractivity contribution is 7.89. The molecule has 0 spiro atoms. The van der Waals surface area contributed by atoms with Crippen LogP contribution in [0.2, 0.25) is 0 Å². The van der Waals surface area contributed by atoms with Gasteiger partial charge in [0.1, 0.15) is 6.04 Å². The van der Waals surface area contributed by atoms with Crippen LogP contribution in [-0.2, 0) is 14.8 Å². The SMILES string of the molecule is Cc1ccc(S(=O)(=O)N2CCN(C(C(=O)N3CCCC3)c3ccccc3)CC2)cc1. The van der Waals surface area contributed by atoms with Crippen LogP contribution in [0.15, 0.2) is 59.5 Å². The van der Waals surface area contributed by atoms with Crippen molar-refractivity contribution in [2.24, 2.45) is 0 Å². The topological polar surface area (TPSA) is 60.9 Å². The van der Waals surface area contributed by atoms with Gasteiger partial charge in [0.25, 0.3) is 0 Å². The van der Waals surface area contributed by atoms with Crippen molar-refractivity contribution in [3.8, 4) is 0 Å². The maximum atomic E-state index is 13.3. The molecule has 2 aromatic carbocycles. The molecule has 0 aliphatic carbocycles. The average molecular weight is 428 g/mol. The third-order valence-corrected chi connectivity index (χ3v) is 7.98. The van der Waals surface area contributed by atoms with Gasteiger partial charge < -0.3 is 4.90 Å². The zero-order valence-corrected chi connectivity index (χ0v) is 18.2. The summed E-state index contributed by atoms with van der Waals surface area (Å²) in [7, 11) is -3.52. The molecule has 30 heavy (non-hydrogen) atoms. The molecule has 0 saturated carbocycles. The number of rotatable bonds is 5. The minimum absolute atomic E-state index is 0.133. The first-order valence-electron chi connectivity index (χ1n) is 10.6. The molecule has 6 nitrogen and oxygen atoms in total. The molecule has 2 aliphatic heterocycles. The molecule has 0 radical (unpaired) electrons. The maximum Gasteiger partial charge on any atom is 0.244 e. The number of benzene rings is 2. The van der Waals surface area contributed by atoms with Crippen LogP contribution in [0.4, 0.5) is 0 Å². The van der Waals surface area contributed by atoms with Crippen molar-refractivity contribution in [3.63, 3.8) is 0 Å². The Morgan fingerprint density at radius 2 is 1.43 bits per heavy atom. The summed E-state index contributed by atoms with van der Waals surface area (Å²) in [5, 5.41) is 0. The van der Waals surface area contributed by atoms with Gasteiger partial charge in [0.2, 0.25) is 15.9 Å². The van der Waals surface area contributed by atoms with Gasteiger partial charge in [-0.15, -0.1) is 0 Å². The Balaban J connectivity index is 1.51. The van der Waals surface area contributed by atoms with Gasteiger partial charge in [0.15, 0.2) is 0 Å². The van der Waals surface area contributed by atoms with Crippen LogP contribution in [0.25, 0.3) is 0 Å². The standard InChI is InChI=1S/C23H29N3O3S/c1-19-9-11-21(12-10-19)30(28,29)26-17-15-24(16-18-26)22(20-7-3-2-4-8-20)23(27)25-13-5-6-14-25/h2-4,7-12,22H,5-6,13-18H2,1H3. The van der Waals surface area contributed by atoms with Crippen LogP contribution in [0.5, 0.6) is 0 Å². The Morgan fingerprint density at radius 1 is 0.833 bits per heavy atom. The molecule has 1 unspecified atom stereocenters. The molecular weight excluding hydrogens is 398 g/mol. The van der Waals surface area contributed by atoms with Crippen molar-refractivity contribution >= 4 is 15.9 Å². The molecule has 2 saturated heterocycles. The quantitative estimate of drug-likeness (QED) is 0.736. The fraction of sp³-hybridized carbons (Fsp3) is 0.435. The van der Waals surface area contributed by atoms with E-state index in [1.54, 1.807) is 12.1 Å². The van der Waals surface area contributed by atoms with E-state index in [2.05, 4.69) is 4.90 Å². The number of carbonyl (C=O) groups is 1. The van der Waals surface area contributed by atoms with E-state index in [9.17, 15) is 13.2 Å². The van der Waals surface area contributed by atoms with Crippen LogP contribution in [0, 0.1) is 6.92 Å². The second-order valence-electron chi connectivity index (χ2n) is 8.10. The first-order chi connectivity index (χ1) is 14.5. The lowest BCUT2D eigenvalue weighted by molar-refractivity contribution is -0.136. The summed E-state index contributed by atoms with van der Waals surface area (Å²) in [6.07, 6.45) is 2.10. The molecule has 2 aliphatic rings. The Morgan fingerprint density at radius 3 is 2.03 bits per heavy atom. The largest absolute Gasteiger partial charge is 0.341 e. The zero-order valence-electron chi connectivity index (χ0n) is 17.4. The van der Waals surface area contributed by atoms with E-state index < -0.39 is 10.0 Å². The lowest BCUT2D eigenvalue weighted by Gasteiger charge is -2.39. The summed E-state index contributed by atoms with van der Waals surface area (Å²) >= 11 is 0. The molecule has 0 bridgehead atoms. The molecular formula is C23H29N3O3S. The van der Waals surface area contributed by atoms with Crippen LogP contribution in [0.1, 0.15) is 30.0 Å². The molecule has 4 rings (SSSR count). The van der Waals surface area contributed by atoms with E-state index in [4.69, 9.17) is 0 Å². The van der Waals surface area contributed by atoms with Crippen molar-refractivity contribution in [3.05, 3.63) is 65.7 Å². The second kappa shape index (κ2) is 8.88. The van der Waals surface area contributed by atoms with E-state index in [-0.39, 0.29) is 11.9 Å². The highest BCUT2D eigenvalue weighted by Gasteiger charge is 2.36. The third-order valence-electron chi connectivity index (χ3n) is 6.06. The predicted molar refractivity (Wildman–Crippen MR) is 117 cm³/mol. The van der Waals surface area contributed by atoms with Gasteiger partial charge in [0, 0.05) is 39.3 Å². The number of sulfonamides is 1. The Labute approximate surface area is 179 Å². The fourth-order valence-corrected chi connectivity index (χ4v) is 5.74. The Hall–Kier alpha value is -2.22. The van der Waals surface area contributed by atoms with Gasteiger partial charge in [-0.1, -0.05) is 48.0 Å². The summed E-state index contributed by atoms with van der Waals surface area (Å²) in [6, 6.07) is 16.5. The zero-order chi connectivity index (χ0) is 21.1. The van der Waals surface area contributed by atoms with E-state index in [0.29, 0.717) is 31.1 Å². The number of amides is 1. The Bertz CT molecular complexity index is 963. The van der Waals surface area contributed by atoms with Crippen molar-refractivity contribution in [2.45, 2.75) is 30.7 Å². The van der Waals surface area contributed by atoms with Crippen LogP contribution in [0.3, 0.4) is 0 Å². The molecule has 160 valence electrons. The van der Waals surface area contributed by atoms with Gasteiger partial charge in [-0.2, -0.15) is 4.31 Å². The predicted octanol–water partition coefficient (Wildman–Crippen LogP) is 2.67. The first kappa shape index (κ1) is 21.0. The first-order valence-corrected chi connectivity index (χ1v) is 12.1. The summed E-state index contributed by atoms with van der Waals surface area (Å²) in [5.74, 6) is 0.133. The molecule has 2 aromatic rings. The Kier molecular flexibility index (Phi) is 6.22. The number of piperazine rings is 1. The van der Waals surface area contributed by atoms with Crippen LogP contribution in [-0.4, -0.2) is 67.7 Å². The smallest absolute Gasteiger partial charge is 0.244 e. The number of carbonyl (C=O) groups excluding carboxylic acids is 1. The average Bonchev–Trinajstić information content (AvgIpc) is 3.30. The maximum absolute atomic E-state index is 13.3. The number of hydrogen-bond donors (Lipinski definition) is 0. The second-order valence-corrected chi connectivity index (χ2v) is 10.0. The summed E-state index contributed by atoms with van der Waals surface area (Å²) in [5.41, 5.74) is 2.01. The lowest BCUT2D eigenvalue weighted by atomic mass is 10.0. The van der Waals surface area contributed by atoms with E-state index in [1.165, 1.54) is 4.31 Å². The van der Waals surface area contributed by atoms with Gasteiger partial charge in [-0.3, -0.25) is 9.69 Å². The minimum atomic E-state index is -3.52. The highest BCUT2D eigenvalue weighted by Crippen LogP contribution is 2.28. The number of hydrogen-bond acceptors (Lipinski definition) is 4. The van der Waals surface area contributed by atoms with Gasteiger partial charge in [-0.25, -0.2) is 8.42 Å². The monoisotopic (exact) mass is 427 g/mol. The van der Waals surface area contributed by atoms with E-state index in [1.807, 2.05) is 54.3 Å². The summed E-state index contributed by atoms with van der Waals surface area (Å²) in [6.45, 7) is 5.39. The molecule has 2 fully saturated rings.